The molecule has 0 radical (unpaired) electrons. The molecule has 0 aliphatic carbocycles. The van der Waals surface area contributed by atoms with Gasteiger partial charge in [-0.15, -0.1) is 11.3 Å². The van der Waals surface area contributed by atoms with E-state index in [0.717, 1.165) is 16.2 Å². The Morgan fingerprint density at radius 2 is 2.00 bits per heavy atom. The van der Waals surface area contributed by atoms with E-state index < -0.39 is 6.04 Å². The molecule has 0 saturated heterocycles. The predicted octanol–water partition coefficient (Wildman–Crippen LogP) is 3.53. The van der Waals surface area contributed by atoms with Gasteiger partial charge in [0.15, 0.2) is 0 Å². The van der Waals surface area contributed by atoms with E-state index in [1.54, 1.807) is 29.2 Å². The number of hydrogen-bond acceptors (Lipinski definition) is 4. The van der Waals surface area contributed by atoms with Crippen LogP contribution in [0.4, 0.5) is 0 Å². The van der Waals surface area contributed by atoms with Crippen LogP contribution in [-0.2, 0) is 11.3 Å². The van der Waals surface area contributed by atoms with Crippen molar-refractivity contribution in [3.63, 3.8) is 0 Å². The third kappa shape index (κ3) is 6.21. The predicted molar refractivity (Wildman–Crippen MR) is 106 cm³/mol. The summed E-state index contributed by atoms with van der Waals surface area (Å²) in [4.78, 5) is 27.3. The topological polar surface area (TPSA) is 58.2 Å². The van der Waals surface area contributed by atoms with Gasteiger partial charge in [0.05, 0.1) is 6.54 Å². The zero-order valence-electron chi connectivity index (χ0n) is 14.8. The number of hydrogen-bond donors (Lipinski definition) is 2. The largest absolute Gasteiger partial charge is 0.349 e. The van der Waals surface area contributed by atoms with Crippen molar-refractivity contribution < 1.29 is 9.59 Å². The lowest BCUT2D eigenvalue weighted by Gasteiger charge is -2.18. The van der Waals surface area contributed by atoms with Crippen molar-refractivity contribution in [2.75, 3.05) is 12.0 Å². The summed E-state index contributed by atoms with van der Waals surface area (Å²) in [6.07, 6.45) is 2.60. The van der Waals surface area contributed by atoms with E-state index in [-0.39, 0.29) is 11.8 Å². The molecule has 0 aliphatic heterocycles. The molecule has 1 atom stereocenters. The molecule has 2 rings (SSSR count). The third-order valence-electron chi connectivity index (χ3n) is 3.75. The number of benzene rings is 1. The summed E-state index contributed by atoms with van der Waals surface area (Å²) in [6.45, 7) is 4.48. The van der Waals surface area contributed by atoms with Gasteiger partial charge < -0.3 is 10.6 Å². The second-order valence-electron chi connectivity index (χ2n) is 5.91. The number of carbonyl (C=O) groups is 2. The minimum absolute atomic E-state index is 0.138. The molecule has 0 bridgehead atoms. The fourth-order valence-corrected chi connectivity index (χ4v) is 3.71. The van der Waals surface area contributed by atoms with Gasteiger partial charge in [0.2, 0.25) is 5.91 Å². The molecule has 1 aromatic heterocycles. The summed E-state index contributed by atoms with van der Waals surface area (Å²) in [5.74, 6) is 0.461. The molecule has 0 spiro atoms. The van der Waals surface area contributed by atoms with Crippen molar-refractivity contribution in [2.24, 2.45) is 0 Å². The lowest BCUT2D eigenvalue weighted by Crippen LogP contribution is -2.46. The molecule has 1 heterocycles. The van der Waals surface area contributed by atoms with Gasteiger partial charge >= 0.3 is 0 Å². The number of thioether (sulfide) groups is 1. The lowest BCUT2D eigenvalue weighted by molar-refractivity contribution is -0.123. The van der Waals surface area contributed by atoms with Crippen LogP contribution in [0.1, 0.15) is 32.1 Å². The van der Waals surface area contributed by atoms with E-state index in [4.69, 9.17) is 0 Å². The van der Waals surface area contributed by atoms with Crippen molar-refractivity contribution in [3.05, 3.63) is 57.3 Å². The molecule has 0 saturated carbocycles. The average molecular weight is 377 g/mol. The lowest BCUT2D eigenvalue weighted by atomic mass is 10.1. The average Bonchev–Trinajstić information content (AvgIpc) is 3.01. The molecular formula is C19H24N2O2S2. The maximum atomic E-state index is 12.5. The van der Waals surface area contributed by atoms with Crippen LogP contribution in [0.2, 0.25) is 0 Å². The summed E-state index contributed by atoms with van der Waals surface area (Å²) in [7, 11) is 0. The van der Waals surface area contributed by atoms with Crippen LogP contribution < -0.4 is 10.6 Å². The van der Waals surface area contributed by atoms with Crippen LogP contribution >= 0.6 is 23.1 Å². The number of thiophene rings is 1. The zero-order valence-corrected chi connectivity index (χ0v) is 16.4. The Kier molecular flexibility index (Phi) is 7.52. The Morgan fingerprint density at radius 1 is 1.20 bits per heavy atom. The van der Waals surface area contributed by atoms with E-state index in [1.165, 1.54) is 4.88 Å². The van der Waals surface area contributed by atoms with Crippen molar-refractivity contribution in [1.29, 1.82) is 0 Å². The Hall–Kier alpha value is -1.79. The fraction of sp³-hybridized carbons (Fsp3) is 0.368. The van der Waals surface area contributed by atoms with Gasteiger partial charge in [-0.1, -0.05) is 17.7 Å². The highest BCUT2D eigenvalue weighted by atomic mass is 32.2. The summed E-state index contributed by atoms with van der Waals surface area (Å²) in [5.41, 5.74) is 1.60. The van der Waals surface area contributed by atoms with Gasteiger partial charge in [0.25, 0.3) is 5.91 Å². The van der Waals surface area contributed by atoms with Crippen LogP contribution in [-0.4, -0.2) is 29.9 Å². The SMILES string of the molecule is CSCCC(NC(=O)c1cccc(C)c1)C(=O)NCc1ccc(C)s1. The van der Waals surface area contributed by atoms with Gasteiger partial charge in [-0.2, -0.15) is 11.8 Å². The van der Waals surface area contributed by atoms with Gasteiger partial charge in [-0.25, -0.2) is 0 Å². The smallest absolute Gasteiger partial charge is 0.251 e. The first-order chi connectivity index (χ1) is 12.0. The molecule has 0 aliphatic rings. The first kappa shape index (κ1) is 19.5. The normalized spacial score (nSPS) is 11.8. The quantitative estimate of drug-likeness (QED) is 0.741. The van der Waals surface area contributed by atoms with Crippen molar-refractivity contribution in [2.45, 2.75) is 32.9 Å². The van der Waals surface area contributed by atoms with Crippen molar-refractivity contribution in [1.82, 2.24) is 10.6 Å². The molecule has 134 valence electrons. The molecule has 2 N–H and O–H groups in total. The van der Waals surface area contributed by atoms with E-state index in [2.05, 4.69) is 10.6 Å². The summed E-state index contributed by atoms with van der Waals surface area (Å²) < 4.78 is 0. The molecule has 1 unspecified atom stereocenters. The second kappa shape index (κ2) is 9.63. The fourth-order valence-electron chi connectivity index (χ4n) is 2.41. The molecule has 1 aromatic carbocycles. The minimum Gasteiger partial charge on any atom is -0.349 e. The van der Waals surface area contributed by atoms with Crippen molar-refractivity contribution in [3.8, 4) is 0 Å². The molecule has 2 amide bonds. The number of amides is 2. The van der Waals surface area contributed by atoms with Gasteiger partial charge in [-0.3, -0.25) is 9.59 Å². The van der Waals surface area contributed by atoms with Crippen LogP contribution in [0.15, 0.2) is 36.4 Å². The Balaban J connectivity index is 1.98. The van der Waals surface area contributed by atoms with E-state index in [9.17, 15) is 9.59 Å². The van der Waals surface area contributed by atoms with Crippen LogP contribution in [0.5, 0.6) is 0 Å². The minimum atomic E-state index is -0.526. The first-order valence-corrected chi connectivity index (χ1v) is 10.4. The summed E-state index contributed by atoms with van der Waals surface area (Å²) >= 11 is 3.33. The first-order valence-electron chi connectivity index (χ1n) is 8.19. The van der Waals surface area contributed by atoms with Gasteiger partial charge in [0.1, 0.15) is 6.04 Å². The number of carbonyl (C=O) groups excluding carboxylic acids is 2. The highest BCUT2D eigenvalue weighted by Crippen LogP contribution is 2.14. The number of nitrogens with one attached hydrogen (secondary N) is 2. The summed E-state index contributed by atoms with van der Waals surface area (Å²) in [6, 6.07) is 10.9. The third-order valence-corrected chi connectivity index (χ3v) is 5.39. The van der Waals surface area contributed by atoms with Crippen molar-refractivity contribution >= 4 is 34.9 Å². The van der Waals surface area contributed by atoms with Crippen LogP contribution in [0.25, 0.3) is 0 Å². The standard InChI is InChI=1S/C19H24N2O2S2/c1-13-5-4-6-15(11-13)18(22)21-17(9-10-24-3)19(23)20-12-16-8-7-14(2)25-16/h4-8,11,17H,9-10,12H2,1-3H3,(H,20,23)(H,21,22). The monoisotopic (exact) mass is 376 g/mol. The van der Waals surface area contributed by atoms with Crippen LogP contribution in [0.3, 0.4) is 0 Å². The molecule has 6 heteroatoms. The second-order valence-corrected chi connectivity index (χ2v) is 8.27. The van der Waals surface area contributed by atoms with Gasteiger partial charge in [0, 0.05) is 15.3 Å². The molecule has 0 fully saturated rings. The number of rotatable bonds is 8. The Morgan fingerprint density at radius 3 is 2.64 bits per heavy atom. The van der Waals surface area contributed by atoms with E-state index in [1.807, 2.05) is 50.4 Å². The maximum absolute atomic E-state index is 12.5. The highest BCUT2D eigenvalue weighted by Gasteiger charge is 2.21. The molecule has 25 heavy (non-hydrogen) atoms. The van der Waals surface area contributed by atoms with E-state index >= 15 is 0 Å². The molecular weight excluding hydrogens is 352 g/mol. The Bertz CT molecular complexity index is 728. The number of aryl methyl sites for hydroxylation is 2. The highest BCUT2D eigenvalue weighted by molar-refractivity contribution is 7.98. The Labute approximate surface area is 157 Å². The van der Waals surface area contributed by atoms with Gasteiger partial charge in [-0.05, 0) is 56.5 Å². The maximum Gasteiger partial charge on any atom is 0.251 e. The summed E-state index contributed by atoms with van der Waals surface area (Å²) in [5, 5.41) is 5.81. The zero-order chi connectivity index (χ0) is 18.2. The molecule has 4 nitrogen and oxygen atoms in total. The van der Waals surface area contributed by atoms with E-state index in [0.29, 0.717) is 18.5 Å². The van der Waals surface area contributed by atoms with Crippen LogP contribution in [0, 0.1) is 13.8 Å². The molecule has 2 aromatic rings.